The Kier molecular flexibility index (Phi) is 5.46. The smallest absolute Gasteiger partial charge is 0.243 e. The molecule has 2 aliphatic heterocycles. The van der Waals surface area contributed by atoms with Gasteiger partial charge in [-0.1, -0.05) is 12.1 Å². The fourth-order valence-electron chi connectivity index (χ4n) is 3.55. The van der Waals surface area contributed by atoms with E-state index in [-0.39, 0.29) is 11.8 Å². The fraction of sp³-hybridized carbons (Fsp3) is 0.167. The maximum absolute atomic E-state index is 12.1. The second kappa shape index (κ2) is 8.74. The van der Waals surface area contributed by atoms with Crippen LogP contribution in [0, 0.1) is 0 Å². The average molecular weight is 456 g/mol. The van der Waals surface area contributed by atoms with Crippen LogP contribution in [0.4, 0.5) is 0 Å². The van der Waals surface area contributed by atoms with E-state index in [1.54, 1.807) is 60.9 Å². The molecule has 0 radical (unpaired) electrons. The summed E-state index contributed by atoms with van der Waals surface area (Å²) in [6, 6.07) is 17.9. The summed E-state index contributed by atoms with van der Waals surface area (Å²) in [6.45, 7) is 2.84. The van der Waals surface area contributed by atoms with Crippen LogP contribution >= 0.6 is 0 Å². The average Bonchev–Trinajstić information content (AvgIpc) is 3.51. The van der Waals surface area contributed by atoms with Gasteiger partial charge in [0.2, 0.25) is 36.1 Å². The van der Waals surface area contributed by atoms with Crippen molar-refractivity contribution in [1.82, 2.24) is 20.0 Å². The van der Waals surface area contributed by atoms with Gasteiger partial charge in [0, 0.05) is 37.4 Å². The van der Waals surface area contributed by atoms with Crippen LogP contribution in [0.3, 0.4) is 0 Å². The zero-order valence-electron chi connectivity index (χ0n) is 18.4. The van der Waals surface area contributed by atoms with Crippen LogP contribution in [-0.2, 0) is 19.1 Å². The van der Waals surface area contributed by atoms with E-state index < -0.39 is 12.5 Å². The van der Waals surface area contributed by atoms with Gasteiger partial charge in [-0.25, -0.2) is 0 Å². The van der Waals surface area contributed by atoms with E-state index in [2.05, 4.69) is 20.2 Å². The van der Waals surface area contributed by atoms with Crippen LogP contribution in [0.15, 0.2) is 83.3 Å². The first-order chi connectivity index (χ1) is 16.5. The number of rotatable bonds is 4. The zero-order chi connectivity index (χ0) is 23.7. The van der Waals surface area contributed by atoms with Gasteiger partial charge >= 0.3 is 0 Å². The molecular formula is C24H20N6O4. The highest BCUT2D eigenvalue weighted by molar-refractivity contribution is 5.99. The lowest BCUT2D eigenvalue weighted by Gasteiger charge is -2.18. The third kappa shape index (κ3) is 3.96. The number of carbonyl (C=O) groups is 2. The highest BCUT2D eigenvalue weighted by Crippen LogP contribution is 2.31. The summed E-state index contributed by atoms with van der Waals surface area (Å²) in [5.41, 5.74) is 2.48. The molecule has 2 atom stereocenters. The van der Waals surface area contributed by atoms with Crippen molar-refractivity contribution < 1.29 is 19.1 Å². The Hall–Kier alpha value is -4.60. The third-order valence-corrected chi connectivity index (χ3v) is 5.19. The number of ether oxygens (including phenoxy) is 2. The molecule has 5 rings (SSSR count). The quantitative estimate of drug-likeness (QED) is 0.597. The van der Waals surface area contributed by atoms with Crippen LogP contribution in [0.2, 0.25) is 0 Å². The lowest BCUT2D eigenvalue weighted by molar-refractivity contribution is -0.136. The van der Waals surface area contributed by atoms with E-state index in [4.69, 9.17) is 9.47 Å². The molecule has 0 bridgehead atoms. The Labute approximate surface area is 195 Å². The van der Waals surface area contributed by atoms with Crippen molar-refractivity contribution in [1.29, 1.82) is 0 Å². The summed E-state index contributed by atoms with van der Waals surface area (Å²) in [4.78, 5) is 32.8. The molecule has 10 heteroatoms. The van der Waals surface area contributed by atoms with Crippen LogP contribution in [0.1, 0.15) is 48.8 Å². The second-order valence-corrected chi connectivity index (χ2v) is 7.56. The molecule has 10 nitrogen and oxygen atoms in total. The van der Waals surface area contributed by atoms with E-state index >= 15 is 0 Å². The molecule has 2 amide bonds. The van der Waals surface area contributed by atoms with E-state index in [0.717, 1.165) is 0 Å². The van der Waals surface area contributed by atoms with Crippen LogP contribution in [-0.4, -0.2) is 43.6 Å². The van der Waals surface area contributed by atoms with E-state index in [1.165, 1.54) is 23.9 Å². The van der Waals surface area contributed by atoms with Gasteiger partial charge in [-0.15, -0.1) is 10.2 Å². The van der Waals surface area contributed by atoms with Crippen LogP contribution in [0.25, 0.3) is 0 Å². The highest BCUT2D eigenvalue weighted by Gasteiger charge is 2.35. The molecular weight excluding hydrogens is 436 g/mol. The lowest BCUT2D eigenvalue weighted by atomic mass is 10.1. The minimum atomic E-state index is -0.737. The van der Waals surface area contributed by atoms with Crippen molar-refractivity contribution in [3.63, 3.8) is 0 Å². The second-order valence-electron chi connectivity index (χ2n) is 7.56. The number of hydrogen-bond donors (Lipinski definition) is 0. The van der Waals surface area contributed by atoms with Crippen molar-refractivity contribution >= 4 is 23.6 Å². The molecule has 34 heavy (non-hydrogen) atoms. The molecule has 0 saturated heterocycles. The van der Waals surface area contributed by atoms with E-state index in [0.29, 0.717) is 34.3 Å². The SMILES string of the molecule is CC(=O)N1N=C(c2ccc(C3=NN(C(C)=O)C(c4ccccn4)O3)cc2)OC1c1ccccn1. The molecule has 0 saturated carbocycles. The first kappa shape index (κ1) is 21.3. The molecule has 0 aliphatic carbocycles. The van der Waals surface area contributed by atoms with Gasteiger partial charge in [0.1, 0.15) is 11.4 Å². The maximum atomic E-state index is 12.1. The van der Waals surface area contributed by atoms with Gasteiger partial charge in [0.15, 0.2) is 0 Å². The van der Waals surface area contributed by atoms with Gasteiger partial charge in [-0.3, -0.25) is 19.6 Å². The Morgan fingerprint density at radius 1 is 0.676 bits per heavy atom. The van der Waals surface area contributed by atoms with Crippen molar-refractivity contribution in [3.8, 4) is 0 Å². The summed E-state index contributed by atoms with van der Waals surface area (Å²) in [6.07, 6.45) is 1.79. The Balaban J connectivity index is 1.38. The number of amides is 2. The number of benzene rings is 1. The summed E-state index contributed by atoms with van der Waals surface area (Å²) >= 11 is 0. The number of aromatic nitrogens is 2. The molecule has 0 N–H and O–H groups in total. The zero-order valence-corrected chi connectivity index (χ0v) is 18.4. The van der Waals surface area contributed by atoms with Crippen molar-refractivity contribution in [2.24, 2.45) is 10.2 Å². The number of nitrogens with zero attached hydrogens (tertiary/aromatic N) is 6. The molecule has 170 valence electrons. The van der Waals surface area contributed by atoms with Crippen molar-refractivity contribution in [2.75, 3.05) is 0 Å². The molecule has 2 aromatic heterocycles. The van der Waals surface area contributed by atoms with Crippen molar-refractivity contribution in [2.45, 2.75) is 26.3 Å². The molecule has 2 unspecified atom stereocenters. The summed E-state index contributed by atoms with van der Waals surface area (Å²) in [5.74, 6) is 0.0635. The minimum absolute atomic E-state index is 0.263. The Morgan fingerprint density at radius 2 is 1.09 bits per heavy atom. The predicted octanol–water partition coefficient (Wildman–Crippen LogP) is 2.95. The number of hydrogen-bond acceptors (Lipinski definition) is 8. The van der Waals surface area contributed by atoms with Gasteiger partial charge in [0.05, 0.1) is 0 Å². The molecule has 0 spiro atoms. The number of hydrazone groups is 2. The number of carbonyl (C=O) groups excluding carboxylic acids is 2. The third-order valence-electron chi connectivity index (χ3n) is 5.19. The van der Waals surface area contributed by atoms with E-state index in [9.17, 15) is 9.59 Å². The molecule has 0 fully saturated rings. The van der Waals surface area contributed by atoms with Crippen molar-refractivity contribution in [3.05, 3.63) is 95.6 Å². The van der Waals surface area contributed by atoms with Gasteiger partial charge in [-0.05, 0) is 48.5 Å². The van der Waals surface area contributed by atoms with Gasteiger partial charge in [-0.2, -0.15) is 10.0 Å². The molecule has 2 aliphatic rings. The topological polar surface area (TPSA) is 110 Å². The van der Waals surface area contributed by atoms with Gasteiger partial charge < -0.3 is 9.47 Å². The normalized spacial score (nSPS) is 19.2. The summed E-state index contributed by atoms with van der Waals surface area (Å²) in [7, 11) is 0. The molecule has 1 aromatic carbocycles. The number of pyridine rings is 2. The van der Waals surface area contributed by atoms with Crippen LogP contribution < -0.4 is 0 Å². The predicted molar refractivity (Wildman–Crippen MR) is 121 cm³/mol. The Bertz CT molecular complexity index is 1180. The largest absolute Gasteiger partial charge is 0.444 e. The maximum Gasteiger partial charge on any atom is 0.243 e. The van der Waals surface area contributed by atoms with Crippen LogP contribution in [0.5, 0.6) is 0 Å². The summed E-state index contributed by atoms with van der Waals surface area (Å²) in [5, 5.41) is 11.2. The van der Waals surface area contributed by atoms with Gasteiger partial charge in [0.25, 0.3) is 0 Å². The standard InChI is InChI=1S/C24H20N6O4/c1-15(31)29-23(19-7-3-5-13-25-19)33-21(27-29)17-9-11-18(12-10-17)22-28-30(16(2)32)24(34-22)20-8-4-6-14-26-20/h3-14,23-24H,1-2H3. The Morgan fingerprint density at radius 3 is 1.41 bits per heavy atom. The molecule has 3 aromatic rings. The van der Waals surface area contributed by atoms with E-state index in [1.807, 2.05) is 12.1 Å². The summed E-state index contributed by atoms with van der Waals surface area (Å²) < 4.78 is 11.9. The monoisotopic (exact) mass is 456 g/mol. The first-order valence-corrected chi connectivity index (χ1v) is 10.5. The minimum Gasteiger partial charge on any atom is -0.444 e. The lowest BCUT2D eigenvalue weighted by Crippen LogP contribution is -2.25. The first-order valence-electron chi connectivity index (χ1n) is 10.5. The fourth-order valence-corrected chi connectivity index (χ4v) is 3.55. The highest BCUT2D eigenvalue weighted by atomic mass is 16.5. The molecule has 4 heterocycles.